The fourth-order valence-corrected chi connectivity index (χ4v) is 2.14. The lowest BCUT2D eigenvalue weighted by Crippen LogP contribution is -2.24. The minimum Gasteiger partial charge on any atom is -0.496 e. The number of hydrogen-bond donors (Lipinski definition) is 1. The number of nitrogens with zero attached hydrogens (tertiary/aromatic N) is 2. The van der Waals surface area contributed by atoms with Gasteiger partial charge in [-0.15, -0.1) is 0 Å². The van der Waals surface area contributed by atoms with Crippen LogP contribution in [0.3, 0.4) is 0 Å². The van der Waals surface area contributed by atoms with Crippen LogP contribution >= 0.6 is 0 Å². The topological polar surface area (TPSA) is 106 Å². The number of aromatic nitrogens is 2. The molecule has 1 heterocycles. The van der Waals surface area contributed by atoms with Crippen LogP contribution in [0.15, 0.2) is 24.4 Å². The highest BCUT2D eigenvalue weighted by Gasteiger charge is 2.23. The molecule has 0 spiro atoms. The van der Waals surface area contributed by atoms with Gasteiger partial charge in [-0.1, -0.05) is 0 Å². The molecule has 8 nitrogen and oxygen atoms in total. The van der Waals surface area contributed by atoms with Crippen LogP contribution in [0, 0.1) is 0 Å². The summed E-state index contributed by atoms with van der Waals surface area (Å²) in [5, 5.41) is 4.13. The normalized spacial score (nSPS) is 11.1. The minimum atomic E-state index is -0.642. The van der Waals surface area contributed by atoms with Gasteiger partial charge in [-0.25, -0.2) is 14.3 Å². The van der Waals surface area contributed by atoms with Gasteiger partial charge in [0.2, 0.25) is 0 Å². The van der Waals surface area contributed by atoms with Crippen molar-refractivity contribution in [2.24, 2.45) is 0 Å². The number of benzene rings is 1. The van der Waals surface area contributed by atoms with E-state index in [0.29, 0.717) is 11.4 Å². The summed E-state index contributed by atoms with van der Waals surface area (Å²) in [7, 11) is 2.72. The van der Waals surface area contributed by atoms with Gasteiger partial charge in [0.25, 0.3) is 0 Å². The molecule has 0 fully saturated rings. The Bertz CT molecular complexity index is 805. The van der Waals surface area contributed by atoms with Gasteiger partial charge in [0.05, 0.1) is 26.1 Å². The molecule has 25 heavy (non-hydrogen) atoms. The van der Waals surface area contributed by atoms with Gasteiger partial charge in [0, 0.05) is 6.07 Å². The van der Waals surface area contributed by atoms with Crippen molar-refractivity contribution in [3.8, 4) is 11.4 Å². The largest absolute Gasteiger partial charge is 0.496 e. The zero-order valence-electron chi connectivity index (χ0n) is 14.8. The molecule has 8 heteroatoms. The zero-order valence-corrected chi connectivity index (χ0v) is 14.8. The molecule has 134 valence electrons. The van der Waals surface area contributed by atoms with Crippen LogP contribution in [-0.2, 0) is 9.47 Å². The van der Waals surface area contributed by atoms with Crippen molar-refractivity contribution < 1.29 is 23.8 Å². The van der Waals surface area contributed by atoms with Gasteiger partial charge in [-0.2, -0.15) is 5.10 Å². The molecule has 1 aromatic carbocycles. The van der Waals surface area contributed by atoms with Crippen molar-refractivity contribution in [2.75, 3.05) is 20.0 Å². The van der Waals surface area contributed by atoms with E-state index in [1.165, 1.54) is 31.2 Å². The van der Waals surface area contributed by atoms with Crippen molar-refractivity contribution in [3.63, 3.8) is 0 Å². The number of methoxy groups -OCH3 is 2. The first-order valence-corrected chi connectivity index (χ1v) is 7.51. The third-order valence-corrected chi connectivity index (χ3v) is 3.26. The minimum absolute atomic E-state index is 0.127. The van der Waals surface area contributed by atoms with Crippen LogP contribution in [0.4, 0.5) is 5.82 Å². The average Bonchev–Trinajstić information content (AvgIpc) is 2.93. The van der Waals surface area contributed by atoms with E-state index in [1.54, 1.807) is 32.9 Å². The van der Waals surface area contributed by atoms with Crippen molar-refractivity contribution in [3.05, 3.63) is 35.5 Å². The molecule has 0 saturated carbocycles. The summed E-state index contributed by atoms with van der Waals surface area (Å²) in [5.41, 5.74) is 6.35. The molecule has 1 aromatic heterocycles. The highest BCUT2D eigenvalue weighted by Crippen LogP contribution is 2.26. The Balaban J connectivity index is 2.40. The van der Waals surface area contributed by atoms with Gasteiger partial charge in [0.1, 0.15) is 28.3 Å². The maximum Gasteiger partial charge on any atom is 0.344 e. The smallest absolute Gasteiger partial charge is 0.344 e. The second-order valence-electron chi connectivity index (χ2n) is 6.23. The van der Waals surface area contributed by atoms with Crippen LogP contribution < -0.4 is 10.5 Å². The highest BCUT2D eigenvalue weighted by molar-refractivity contribution is 5.95. The van der Waals surface area contributed by atoms with Gasteiger partial charge >= 0.3 is 11.9 Å². The van der Waals surface area contributed by atoms with Gasteiger partial charge in [-0.3, -0.25) is 0 Å². The molecular formula is C17H21N3O5. The van der Waals surface area contributed by atoms with Crippen molar-refractivity contribution >= 4 is 17.8 Å². The Kier molecular flexibility index (Phi) is 5.01. The molecule has 0 radical (unpaired) electrons. The lowest BCUT2D eigenvalue weighted by atomic mass is 10.1. The van der Waals surface area contributed by atoms with E-state index in [0.717, 1.165) is 0 Å². The predicted molar refractivity (Wildman–Crippen MR) is 91.0 cm³/mol. The fourth-order valence-electron chi connectivity index (χ4n) is 2.14. The molecule has 0 aliphatic heterocycles. The number of carbonyl (C=O) groups is 2. The van der Waals surface area contributed by atoms with E-state index >= 15 is 0 Å². The standard InChI is InChI=1S/C17H21N3O5/c1-17(2,3)25-16(22)12-9-19-20(14(12)18)10-6-7-11(15(21)24-5)13(8-10)23-4/h6-9H,18H2,1-5H3. The molecule has 2 N–H and O–H groups in total. The Morgan fingerprint density at radius 1 is 1.12 bits per heavy atom. The number of hydrogen-bond acceptors (Lipinski definition) is 7. The maximum atomic E-state index is 12.2. The van der Waals surface area contributed by atoms with Crippen LogP contribution in [0.5, 0.6) is 5.75 Å². The van der Waals surface area contributed by atoms with E-state index in [9.17, 15) is 9.59 Å². The predicted octanol–water partition coefficient (Wildman–Crippen LogP) is 2.21. The molecule has 0 saturated heterocycles. The summed E-state index contributed by atoms with van der Waals surface area (Å²) in [6.45, 7) is 5.30. The number of anilines is 1. The quantitative estimate of drug-likeness (QED) is 0.845. The van der Waals surface area contributed by atoms with E-state index in [-0.39, 0.29) is 16.9 Å². The molecule has 0 amide bonds. The molecule has 0 aliphatic rings. The monoisotopic (exact) mass is 347 g/mol. The molecule has 0 unspecified atom stereocenters. The maximum absolute atomic E-state index is 12.2. The first-order valence-electron chi connectivity index (χ1n) is 7.51. The number of ether oxygens (including phenoxy) is 3. The summed E-state index contributed by atoms with van der Waals surface area (Å²) >= 11 is 0. The van der Waals surface area contributed by atoms with Gasteiger partial charge in [0.15, 0.2) is 0 Å². The SMILES string of the molecule is COC(=O)c1ccc(-n2ncc(C(=O)OC(C)(C)C)c2N)cc1OC. The van der Waals surface area contributed by atoms with E-state index in [2.05, 4.69) is 5.10 Å². The molecule has 0 aliphatic carbocycles. The van der Waals surface area contributed by atoms with E-state index in [1.807, 2.05) is 0 Å². The summed E-state index contributed by atoms with van der Waals surface area (Å²) < 4.78 is 16.6. The van der Waals surface area contributed by atoms with Crippen molar-refractivity contribution in [1.29, 1.82) is 0 Å². The zero-order chi connectivity index (χ0) is 18.8. The molecule has 2 rings (SSSR count). The third kappa shape index (κ3) is 3.90. The Labute approximate surface area is 145 Å². The van der Waals surface area contributed by atoms with Crippen LogP contribution in [0.1, 0.15) is 41.5 Å². The number of carbonyl (C=O) groups excluding carboxylic acids is 2. The third-order valence-electron chi connectivity index (χ3n) is 3.26. The molecule has 2 aromatic rings. The first kappa shape index (κ1) is 18.3. The number of esters is 2. The lowest BCUT2D eigenvalue weighted by Gasteiger charge is -2.19. The van der Waals surface area contributed by atoms with Crippen molar-refractivity contribution in [2.45, 2.75) is 26.4 Å². The number of nitrogens with two attached hydrogens (primary N) is 1. The Morgan fingerprint density at radius 3 is 2.36 bits per heavy atom. The lowest BCUT2D eigenvalue weighted by molar-refractivity contribution is 0.00706. The van der Waals surface area contributed by atoms with Crippen LogP contribution in [0.2, 0.25) is 0 Å². The second kappa shape index (κ2) is 6.84. The van der Waals surface area contributed by atoms with Crippen LogP contribution in [-0.4, -0.2) is 41.5 Å². The molecule has 0 bridgehead atoms. The number of rotatable bonds is 4. The van der Waals surface area contributed by atoms with Crippen molar-refractivity contribution in [1.82, 2.24) is 9.78 Å². The van der Waals surface area contributed by atoms with Crippen LogP contribution in [0.25, 0.3) is 5.69 Å². The summed E-state index contributed by atoms with van der Waals surface area (Å²) in [6, 6.07) is 4.74. The van der Waals surface area contributed by atoms with E-state index < -0.39 is 17.5 Å². The summed E-state index contributed by atoms with van der Waals surface area (Å²) in [4.78, 5) is 23.9. The summed E-state index contributed by atoms with van der Waals surface area (Å²) in [6.07, 6.45) is 1.34. The van der Waals surface area contributed by atoms with Gasteiger partial charge < -0.3 is 19.9 Å². The number of nitrogen functional groups attached to an aromatic ring is 1. The molecule has 0 atom stereocenters. The average molecular weight is 347 g/mol. The Hall–Kier alpha value is -3.03. The molecular weight excluding hydrogens is 326 g/mol. The first-order chi connectivity index (χ1) is 11.7. The summed E-state index contributed by atoms with van der Waals surface area (Å²) in [5.74, 6) is -0.652. The van der Waals surface area contributed by atoms with E-state index in [4.69, 9.17) is 19.9 Å². The fraction of sp³-hybridized carbons (Fsp3) is 0.353. The second-order valence-corrected chi connectivity index (χ2v) is 6.23. The Morgan fingerprint density at radius 2 is 1.80 bits per heavy atom. The van der Waals surface area contributed by atoms with Gasteiger partial charge in [-0.05, 0) is 32.9 Å². The highest BCUT2D eigenvalue weighted by atomic mass is 16.6.